The molecule has 0 amide bonds. The Bertz CT molecular complexity index is 398. The summed E-state index contributed by atoms with van der Waals surface area (Å²) in [5, 5.41) is -0.300. The lowest BCUT2D eigenvalue weighted by Gasteiger charge is -2.12. The molecule has 0 unspecified atom stereocenters. The van der Waals surface area contributed by atoms with Crippen LogP contribution in [0, 0.1) is 11.6 Å². The molecule has 0 heterocycles. The van der Waals surface area contributed by atoms with Crippen LogP contribution in [-0.2, 0) is 9.53 Å². The van der Waals surface area contributed by atoms with E-state index >= 15 is 0 Å². The fraction of sp³-hybridized carbons (Fsp3) is 0.222. The first-order chi connectivity index (χ1) is 6.99. The number of methoxy groups -OCH3 is 1. The Labute approximate surface area is 89.8 Å². The van der Waals surface area contributed by atoms with Crippen molar-refractivity contribution in [1.29, 1.82) is 0 Å². The Hall–Kier alpha value is -1.20. The molecule has 1 aromatic carbocycles. The molecule has 1 aromatic rings. The van der Waals surface area contributed by atoms with Crippen molar-refractivity contribution in [1.82, 2.24) is 0 Å². The number of benzene rings is 1. The lowest BCUT2D eigenvalue weighted by Crippen LogP contribution is -2.25. The highest BCUT2D eigenvalue weighted by Gasteiger charge is 2.25. The second kappa shape index (κ2) is 4.55. The highest BCUT2D eigenvalue weighted by atomic mass is 35.5. The predicted octanol–water partition coefficient (Wildman–Crippen LogP) is 1.79. The van der Waals surface area contributed by atoms with E-state index in [9.17, 15) is 13.6 Å². The van der Waals surface area contributed by atoms with Crippen molar-refractivity contribution in [3.05, 3.63) is 34.4 Å². The number of ether oxygens (including phenoxy) is 1. The lowest BCUT2D eigenvalue weighted by molar-refractivity contribution is -0.142. The summed E-state index contributed by atoms with van der Waals surface area (Å²) in [7, 11) is 1.07. The van der Waals surface area contributed by atoms with Crippen molar-refractivity contribution >= 4 is 17.6 Å². The Balaban J connectivity index is 3.24. The van der Waals surface area contributed by atoms with Crippen molar-refractivity contribution in [2.45, 2.75) is 6.04 Å². The second-order valence-electron chi connectivity index (χ2n) is 2.76. The summed E-state index contributed by atoms with van der Waals surface area (Å²) >= 11 is 5.43. The minimum atomic E-state index is -1.52. The first-order valence-corrected chi connectivity index (χ1v) is 4.33. The summed E-state index contributed by atoms with van der Waals surface area (Å²) < 4.78 is 30.8. The van der Waals surface area contributed by atoms with Gasteiger partial charge in [0.2, 0.25) is 0 Å². The van der Waals surface area contributed by atoms with Crippen molar-refractivity contribution < 1.29 is 18.3 Å². The van der Waals surface area contributed by atoms with Crippen LogP contribution in [0.5, 0.6) is 0 Å². The van der Waals surface area contributed by atoms with Crippen LogP contribution in [0.4, 0.5) is 8.78 Å². The van der Waals surface area contributed by atoms with Gasteiger partial charge in [-0.15, -0.1) is 0 Å². The molecular weight excluding hydrogens is 228 g/mol. The molecule has 1 rings (SSSR count). The van der Waals surface area contributed by atoms with Crippen molar-refractivity contribution in [3.63, 3.8) is 0 Å². The van der Waals surface area contributed by atoms with Gasteiger partial charge in [-0.2, -0.15) is 0 Å². The van der Waals surface area contributed by atoms with Crippen LogP contribution in [0.1, 0.15) is 11.6 Å². The van der Waals surface area contributed by atoms with Crippen LogP contribution in [-0.4, -0.2) is 13.1 Å². The summed E-state index contributed by atoms with van der Waals surface area (Å²) in [6, 6.07) is 0.456. The third-order valence-electron chi connectivity index (χ3n) is 1.85. The van der Waals surface area contributed by atoms with Gasteiger partial charge in [0.15, 0.2) is 0 Å². The number of rotatable bonds is 2. The smallest absolute Gasteiger partial charge is 0.327 e. The van der Waals surface area contributed by atoms with Gasteiger partial charge >= 0.3 is 5.97 Å². The monoisotopic (exact) mass is 235 g/mol. The molecule has 3 nitrogen and oxygen atoms in total. The lowest BCUT2D eigenvalue weighted by atomic mass is 10.1. The number of halogens is 3. The zero-order chi connectivity index (χ0) is 11.6. The largest absolute Gasteiger partial charge is 0.468 e. The molecule has 0 fully saturated rings. The molecular formula is C9H8ClF2NO2. The van der Waals surface area contributed by atoms with Gasteiger partial charge in [0.05, 0.1) is 17.7 Å². The fourth-order valence-electron chi connectivity index (χ4n) is 1.07. The zero-order valence-electron chi connectivity index (χ0n) is 7.76. The summed E-state index contributed by atoms with van der Waals surface area (Å²) in [4.78, 5) is 11.0. The summed E-state index contributed by atoms with van der Waals surface area (Å²) in [6.45, 7) is 0. The maximum absolute atomic E-state index is 13.3. The Kier molecular flexibility index (Phi) is 3.60. The molecule has 0 aliphatic rings. The van der Waals surface area contributed by atoms with Crippen LogP contribution in [0.2, 0.25) is 5.02 Å². The van der Waals surface area contributed by atoms with Gasteiger partial charge < -0.3 is 10.5 Å². The van der Waals surface area contributed by atoms with E-state index in [1.54, 1.807) is 0 Å². The number of nitrogens with two attached hydrogens (primary N) is 1. The number of hydrogen-bond acceptors (Lipinski definition) is 3. The topological polar surface area (TPSA) is 52.3 Å². The predicted molar refractivity (Wildman–Crippen MR) is 50.3 cm³/mol. The number of carbonyl (C=O) groups is 1. The number of hydrogen-bond donors (Lipinski definition) is 1. The second-order valence-corrected chi connectivity index (χ2v) is 3.16. The fourth-order valence-corrected chi connectivity index (χ4v) is 1.24. The third-order valence-corrected chi connectivity index (χ3v) is 2.14. The van der Waals surface area contributed by atoms with Crippen LogP contribution >= 0.6 is 11.6 Å². The molecule has 1 atom stereocenters. The molecule has 15 heavy (non-hydrogen) atoms. The van der Waals surface area contributed by atoms with E-state index < -0.39 is 29.2 Å². The normalized spacial score (nSPS) is 12.3. The van der Waals surface area contributed by atoms with Crippen LogP contribution in [0.3, 0.4) is 0 Å². The molecule has 6 heteroatoms. The van der Waals surface area contributed by atoms with Crippen LogP contribution < -0.4 is 5.73 Å². The molecule has 0 spiro atoms. The highest BCUT2D eigenvalue weighted by Crippen LogP contribution is 2.25. The van der Waals surface area contributed by atoms with Gasteiger partial charge in [-0.05, 0) is 12.1 Å². The minimum absolute atomic E-state index is 0.300. The maximum Gasteiger partial charge on any atom is 0.327 e. The highest BCUT2D eigenvalue weighted by molar-refractivity contribution is 6.30. The van der Waals surface area contributed by atoms with E-state index in [2.05, 4.69) is 4.74 Å². The van der Waals surface area contributed by atoms with E-state index in [0.717, 1.165) is 19.2 Å². The van der Waals surface area contributed by atoms with Gasteiger partial charge in [0.25, 0.3) is 0 Å². The minimum Gasteiger partial charge on any atom is -0.468 e. The summed E-state index contributed by atoms with van der Waals surface area (Å²) in [5.41, 5.74) is 4.72. The summed E-state index contributed by atoms with van der Waals surface area (Å²) in [6.07, 6.45) is 0. The Morgan fingerprint density at radius 2 is 2.13 bits per heavy atom. The molecule has 2 N–H and O–H groups in total. The SMILES string of the molecule is COC(=O)[C@@H](N)c1c(F)ccc(Cl)c1F. The molecule has 0 saturated carbocycles. The van der Waals surface area contributed by atoms with E-state index in [4.69, 9.17) is 17.3 Å². The number of carbonyl (C=O) groups excluding carboxylic acids is 1. The van der Waals surface area contributed by atoms with Gasteiger partial charge in [-0.1, -0.05) is 11.6 Å². The quantitative estimate of drug-likeness (QED) is 0.628. The van der Waals surface area contributed by atoms with Gasteiger partial charge in [-0.3, -0.25) is 4.79 Å². The average Bonchev–Trinajstić information content (AvgIpc) is 2.22. The molecule has 0 aromatic heterocycles. The van der Waals surface area contributed by atoms with E-state index in [-0.39, 0.29) is 5.02 Å². The average molecular weight is 236 g/mol. The van der Waals surface area contributed by atoms with Crippen molar-refractivity contribution in [2.24, 2.45) is 5.73 Å². The molecule has 0 bridgehead atoms. The maximum atomic E-state index is 13.3. The Morgan fingerprint density at radius 3 is 2.67 bits per heavy atom. The van der Waals surface area contributed by atoms with Crippen molar-refractivity contribution in [2.75, 3.05) is 7.11 Å². The van der Waals surface area contributed by atoms with E-state index in [1.807, 2.05) is 0 Å². The molecule has 0 aliphatic carbocycles. The van der Waals surface area contributed by atoms with Gasteiger partial charge in [-0.25, -0.2) is 8.78 Å². The van der Waals surface area contributed by atoms with Gasteiger partial charge in [0.1, 0.15) is 17.7 Å². The molecule has 82 valence electrons. The first kappa shape index (κ1) is 11.9. The van der Waals surface area contributed by atoms with Crippen molar-refractivity contribution in [3.8, 4) is 0 Å². The molecule has 0 saturated heterocycles. The van der Waals surface area contributed by atoms with Crippen LogP contribution in [0.15, 0.2) is 12.1 Å². The third kappa shape index (κ3) is 2.24. The van der Waals surface area contributed by atoms with E-state index in [0.29, 0.717) is 0 Å². The zero-order valence-corrected chi connectivity index (χ0v) is 8.52. The summed E-state index contributed by atoms with van der Waals surface area (Å²) in [5.74, 6) is -2.92. The molecule has 0 radical (unpaired) electrons. The van der Waals surface area contributed by atoms with E-state index in [1.165, 1.54) is 0 Å². The van der Waals surface area contributed by atoms with Crippen LogP contribution in [0.25, 0.3) is 0 Å². The molecule has 0 aliphatic heterocycles. The standard InChI is InChI=1S/C9H8ClF2NO2/c1-15-9(14)8(13)6-5(11)3-2-4(10)7(6)12/h2-3,8H,13H2,1H3/t8-/m0/s1. The number of esters is 1. The Morgan fingerprint density at radius 1 is 1.53 bits per heavy atom. The first-order valence-electron chi connectivity index (χ1n) is 3.95. The van der Waals surface area contributed by atoms with Gasteiger partial charge in [0, 0.05) is 0 Å².